The molecule has 4 nitrogen and oxygen atoms in total. The molecule has 3 aromatic rings. The van der Waals surface area contributed by atoms with Crippen LogP contribution >= 0.6 is 12.2 Å². The predicted molar refractivity (Wildman–Crippen MR) is 101 cm³/mol. The van der Waals surface area contributed by atoms with Gasteiger partial charge in [-0.3, -0.25) is 4.98 Å². The summed E-state index contributed by atoms with van der Waals surface area (Å²) >= 11 is 5.65. The molecular weight excluding hydrogens is 330 g/mol. The molecule has 1 saturated heterocycles. The molecule has 0 spiro atoms. The van der Waals surface area contributed by atoms with Crippen molar-refractivity contribution in [2.24, 2.45) is 0 Å². The summed E-state index contributed by atoms with van der Waals surface area (Å²) in [6.45, 7) is 2.68. The van der Waals surface area contributed by atoms with Gasteiger partial charge in [0.05, 0.1) is 11.7 Å². The van der Waals surface area contributed by atoms with E-state index in [2.05, 4.69) is 27.3 Å². The molecule has 0 bridgehead atoms. The van der Waals surface area contributed by atoms with Crippen molar-refractivity contribution in [3.63, 3.8) is 0 Å². The van der Waals surface area contributed by atoms with Crippen LogP contribution in [0.5, 0.6) is 0 Å². The number of aryl methyl sites for hydroxylation is 1. The van der Waals surface area contributed by atoms with Crippen molar-refractivity contribution < 1.29 is 4.42 Å². The number of nitrogens with one attached hydrogen (secondary N) is 1. The highest BCUT2D eigenvalue weighted by Crippen LogP contribution is 2.39. The molecule has 0 aliphatic carbocycles. The standard InChI is InChI=1S/C20H19N3OS/c1-14-10-11-17(24-14)19-18(16-9-5-6-12-21-16)22-20(25)23(19)13-15-7-3-2-4-8-15/h2-12,18-19H,13H2,1H3,(H,22,25)/t18-,19+/m1/s1. The fraction of sp³-hybridized carbons (Fsp3) is 0.200. The van der Waals surface area contributed by atoms with Crippen LogP contribution in [-0.4, -0.2) is 15.0 Å². The zero-order valence-electron chi connectivity index (χ0n) is 13.9. The first-order valence-corrected chi connectivity index (χ1v) is 8.71. The molecule has 1 aliphatic heterocycles. The molecule has 25 heavy (non-hydrogen) atoms. The number of furan rings is 1. The van der Waals surface area contributed by atoms with Crippen LogP contribution in [-0.2, 0) is 6.54 Å². The lowest BCUT2D eigenvalue weighted by Gasteiger charge is -2.26. The topological polar surface area (TPSA) is 41.3 Å². The van der Waals surface area contributed by atoms with E-state index in [1.54, 1.807) is 0 Å². The average Bonchev–Trinajstić information content (AvgIpc) is 3.20. The van der Waals surface area contributed by atoms with Gasteiger partial charge in [0.25, 0.3) is 0 Å². The molecule has 1 aliphatic rings. The van der Waals surface area contributed by atoms with E-state index in [1.165, 1.54) is 5.56 Å². The van der Waals surface area contributed by atoms with Gasteiger partial charge in [-0.25, -0.2) is 0 Å². The normalized spacial score (nSPS) is 19.9. The number of rotatable bonds is 4. The van der Waals surface area contributed by atoms with Gasteiger partial charge in [0.2, 0.25) is 0 Å². The fourth-order valence-electron chi connectivity index (χ4n) is 3.28. The summed E-state index contributed by atoms with van der Waals surface area (Å²) in [5.41, 5.74) is 2.17. The molecule has 4 rings (SSSR count). The van der Waals surface area contributed by atoms with Crippen molar-refractivity contribution in [2.45, 2.75) is 25.6 Å². The quantitative estimate of drug-likeness (QED) is 0.717. The second-order valence-corrected chi connectivity index (χ2v) is 6.58. The van der Waals surface area contributed by atoms with Crippen LogP contribution in [0.4, 0.5) is 0 Å². The number of nitrogens with zero attached hydrogens (tertiary/aromatic N) is 2. The van der Waals surface area contributed by atoms with Gasteiger partial charge in [-0.05, 0) is 49.0 Å². The van der Waals surface area contributed by atoms with Gasteiger partial charge in [0, 0.05) is 12.7 Å². The number of pyridine rings is 1. The van der Waals surface area contributed by atoms with Crippen LogP contribution in [0.2, 0.25) is 0 Å². The molecule has 5 heteroatoms. The Bertz CT molecular complexity index is 863. The Morgan fingerprint density at radius 1 is 1.08 bits per heavy atom. The summed E-state index contributed by atoms with van der Waals surface area (Å²) in [5, 5.41) is 4.15. The van der Waals surface area contributed by atoms with Crippen molar-refractivity contribution in [1.82, 2.24) is 15.2 Å². The highest BCUT2D eigenvalue weighted by atomic mass is 32.1. The number of hydrogen-bond donors (Lipinski definition) is 1. The first-order chi connectivity index (χ1) is 12.2. The number of aromatic nitrogens is 1. The lowest BCUT2D eigenvalue weighted by atomic mass is 10.0. The van der Waals surface area contributed by atoms with Crippen molar-refractivity contribution in [2.75, 3.05) is 0 Å². The summed E-state index contributed by atoms with van der Waals surface area (Å²) in [5.74, 6) is 1.80. The van der Waals surface area contributed by atoms with Crippen LogP contribution in [0.3, 0.4) is 0 Å². The molecule has 1 N–H and O–H groups in total. The lowest BCUT2D eigenvalue weighted by molar-refractivity contribution is 0.264. The van der Waals surface area contributed by atoms with E-state index in [9.17, 15) is 0 Å². The Hall–Kier alpha value is -2.66. The molecule has 0 amide bonds. The van der Waals surface area contributed by atoms with Crippen LogP contribution < -0.4 is 5.32 Å². The fourth-order valence-corrected chi connectivity index (χ4v) is 3.58. The van der Waals surface area contributed by atoms with Gasteiger partial charge in [0.1, 0.15) is 17.6 Å². The van der Waals surface area contributed by atoms with E-state index in [-0.39, 0.29) is 12.1 Å². The highest BCUT2D eigenvalue weighted by Gasteiger charge is 2.41. The summed E-state index contributed by atoms with van der Waals surface area (Å²) < 4.78 is 5.97. The van der Waals surface area contributed by atoms with Crippen LogP contribution in [0.15, 0.2) is 71.3 Å². The van der Waals surface area contributed by atoms with E-state index in [0.29, 0.717) is 0 Å². The molecule has 1 fully saturated rings. The molecule has 0 saturated carbocycles. The third-order valence-electron chi connectivity index (χ3n) is 4.45. The molecule has 2 atom stereocenters. The summed E-state index contributed by atoms with van der Waals surface area (Å²) in [4.78, 5) is 6.71. The zero-order valence-corrected chi connectivity index (χ0v) is 14.7. The number of thiocarbonyl (C=S) groups is 1. The van der Waals surface area contributed by atoms with E-state index in [4.69, 9.17) is 16.6 Å². The van der Waals surface area contributed by atoms with Gasteiger partial charge in [-0.2, -0.15) is 0 Å². The maximum Gasteiger partial charge on any atom is 0.170 e. The van der Waals surface area contributed by atoms with Crippen molar-refractivity contribution in [3.8, 4) is 0 Å². The second kappa shape index (κ2) is 6.69. The van der Waals surface area contributed by atoms with Gasteiger partial charge < -0.3 is 14.6 Å². The van der Waals surface area contributed by atoms with Crippen LogP contribution in [0.25, 0.3) is 0 Å². The average molecular weight is 349 g/mol. The molecular formula is C20H19N3OS. The third kappa shape index (κ3) is 3.15. The predicted octanol–water partition coefficient (Wildman–Crippen LogP) is 4.16. The second-order valence-electron chi connectivity index (χ2n) is 6.19. The first kappa shape index (κ1) is 15.8. The summed E-state index contributed by atoms with van der Waals surface area (Å²) in [7, 11) is 0. The highest BCUT2D eigenvalue weighted by molar-refractivity contribution is 7.80. The smallest absolute Gasteiger partial charge is 0.170 e. The summed E-state index contributed by atoms with van der Waals surface area (Å²) in [6, 6.07) is 20.2. The first-order valence-electron chi connectivity index (χ1n) is 8.31. The van der Waals surface area contributed by atoms with Gasteiger partial charge >= 0.3 is 0 Å². The van der Waals surface area contributed by atoms with Gasteiger partial charge in [-0.15, -0.1) is 0 Å². The minimum absolute atomic E-state index is 0.0312. The van der Waals surface area contributed by atoms with E-state index >= 15 is 0 Å². The Kier molecular flexibility index (Phi) is 4.24. The van der Waals surface area contributed by atoms with Crippen molar-refractivity contribution in [1.29, 1.82) is 0 Å². The molecule has 0 radical (unpaired) electrons. The minimum Gasteiger partial charge on any atom is -0.464 e. The summed E-state index contributed by atoms with van der Waals surface area (Å²) in [6.07, 6.45) is 1.81. The monoisotopic (exact) mass is 349 g/mol. The van der Waals surface area contributed by atoms with Gasteiger partial charge in [-0.1, -0.05) is 36.4 Å². The Labute approximate surface area is 152 Å². The Morgan fingerprint density at radius 2 is 1.88 bits per heavy atom. The molecule has 3 heterocycles. The SMILES string of the molecule is Cc1ccc([C@H]2[C@@H](c3ccccn3)NC(=S)N2Cc2ccccc2)o1. The molecule has 2 aromatic heterocycles. The molecule has 126 valence electrons. The van der Waals surface area contributed by atoms with Crippen LogP contribution in [0.1, 0.15) is 34.9 Å². The van der Waals surface area contributed by atoms with Crippen molar-refractivity contribution in [3.05, 3.63) is 89.6 Å². The number of benzene rings is 1. The Morgan fingerprint density at radius 3 is 2.56 bits per heavy atom. The van der Waals surface area contributed by atoms with Crippen LogP contribution in [0, 0.1) is 6.92 Å². The molecule has 1 aromatic carbocycles. The largest absolute Gasteiger partial charge is 0.464 e. The zero-order chi connectivity index (χ0) is 17.2. The van der Waals surface area contributed by atoms with E-state index in [1.807, 2.05) is 61.7 Å². The maximum absolute atomic E-state index is 5.97. The minimum atomic E-state index is -0.0389. The third-order valence-corrected chi connectivity index (χ3v) is 4.80. The maximum atomic E-state index is 5.97. The molecule has 0 unspecified atom stereocenters. The van der Waals surface area contributed by atoms with Gasteiger partial charge in [0.15, 0.2) is 5.11 Å². The lowest BCUT2D eigenvalue weighted by Crippen LogP contribution is -2.29. The van der Waals surface area contributed by atoms with E-state index in [0.717, 1.165) is 28.9 Å². The van der Waals surface area contributed by atoms with Crippen molar-refractivity contribution >= 4 is 17.3 Å². The Balaban J connectivity index is 1.72. The number of hydrogen-bond acceptors (Lipinski definition) is 3. The van der Waals surface area contributed by atoms with E-state index < -0.39 is 0 Å².